The van der Waals surface area contributed by atoms with Gasteiger partial charge in [0.05, 0.1) is 6.26 Å². The molecule has 0 saturated heterocycles. The van der Waals surface area contributed by atoms with Gasteiger partial charge in [0.15, 0.2) is 0 Å². The lowest BCUT2D eigenvalue weighted by Gasteiger charge is -2.05. The molecule has 96 valence electrons. The van der Waals surface area contributed by atoms with E-state index in [-0.39, 0.29) is 6.61 Å². The second kappa shape index (κ2) is 5.10. The van der Waals surface area contributed by atoms with E-state index in [1.54, 1.807) is 12.3 Å². The molecule has 1 saturated carbocycles. The van der Waals surface area contributed by atoms with Crippen LogP contribution >= 0.6 is 0 Å². The Morgan fingerprint density at radius 2 is 2.18 bits per heavy atom. The van der Waals surface area contributed by atoms with Gasteiger partial charge < -0.3 is 14.5 Å². The average Bonchev–Trinajstić information content (AvgIpc) is 2.95. The Labute approximate surface area is 96.9 Å². The molecular weight excluding hydrogens is 235 g/mol. The summed E-state index contributed by atoms with van der Waals surface area (Å²) in [5, 5.41) is 3.29. The van der Waals surface area contributed by atoms with Gasteiger partial charge in [0.2, 0.25) is 0 Å². The van der Waals surface area contributed by atoms with Gasteiger partial charge in [-0.05, 0) is 18.9 Å². The topological polar surface area (TPSA) is 34.4 Å². The molecule has 3 nitrogen and oxygen atoms in total. The summed E-state index contributed by atoms with van der Waals surface area (Å²) in [6, 6.07) is 2.31. The Morgan fingerprint density at radius 3 is 2.82 bits per heavy atom. The quantitative estimate of drug-likeness (QED) is 0.841. The minimum Gasteiger partial charge on any atom is -0.467 e. The Balaban J connectivity index is 1.69. The molecule has 1 aliphatic rings. The molecule has 1 fully saturated rings. The third-order valence-corrected chi connectivity index (χ3v) is 2.39. The molecule has 17 heavy (non-hydrogen) atoms. The van der Waals surface area contributed by atoms with Gasteiger partial charge in [-0.25, -0.2) is 0 Å². The van der Waals surface area contributed by atoms with E-state index < -0.39 is 12.8 Å². The highest BCUT2D eigenvalue weighted by atomic mass is 19.4. The molecule has 1 N–H and O–H groups in total. The predicted molar refractivity (Wildman–Crippen MR) is 54.3 cm³/mol. The van der Waals surface area contributed by atoms with Crippen LogP contribution in [-0.4, -0.2) is 18.8 Å². The summed E-state index contributed by atoms with van der Waals surface area (Å²) < 4.78 is 45.0. The van der Waals surface area contributed by atoms with Crippen LogP contribution in [0.2, 0.25) is 0 Å². The van der Waals surface area contributed by atoms with Crippen molar-refractivity contribution in [2.75, 3.05) is 6.61 Å². The van der Waals surface area contributed by atoms with Crippen LogP contribution in [0.1, 0.15) is 24.2 Å². The van der Waals surface area contributed by atoms with Gasteiger partial charge >= 0.3 is 6.18 Å². The average molecular weight is 249 g/mol. The highest BCUT2D eigenvalue weighted by molar-refractivity contribution is 5.12. The molecule has 0 amide bonds. The highest BCUT2D eigenvalue weighted by Crippen LogP contribution is 2.20. The van der Waals surface area contributed by atoms with Gasteiger partial charge in [0.25, 0.3) is 0 Å². The van der Waals surface area contributed by atoms with Crippen LogP contribution in [0.5, 0.6) is 0 Å². The van der Waals surface area contributed by atoms with Gasteiger partial charge in [-0.1, -0.05) is 0 Å². The fraction of sp³-hybridized carbons (Fsp3) is 0.636. The Kier molecular flexibility index (Phi) is 3.73. The zero-order chi connectivity index (χ0) is 12.3. The second-order valence-corrected chi connectivity index (χ2v) is 4.18. The maximum Gasteiger partial charge on any atom is 0.411 e. The molecule has 1 heterocycles. The SMILES string of the molecule is FC(F)(F)COCc1cc(CNC2CC2)co1. The van der Waals surface area contributed by atoms with Gasteiger partial charge in [0.1, 0.15) is 19.0 Å². The second-order valence-electron chi connectivity index (χ2n) is 4.18. The minimum absolute atomic E-state index is 0.150. The summed E-state index contributed by atoms with van der Waals surface area (Å²) in [6.07, 6.45) is -0.358. The summed E-state index contributed by atoms with van der Waals surface area (Å²) in [7, 11) is 0. The van der Waals surface area contributed by atoms with Crippen molar-refractivity contribution in [1.29, 1.82) is 0 Å². The third-order valence-electron chi connectivity index (χ3n) is 2.39. The number of hydrogen-bond donors (Lipinski definition) is 1. The van der Waals surface area contributed by atoms with Crippen LogP contribution in [0, 0.1) is 0 Å². The molecule has 0 atom stereocenters. The fourth-order valence-corrected chi connectivity index (χ4v) is 1.41. The monoisotopic (exact) mass is 249 g/mol. The number of alkyl halides is 3. The predicted octanol–water partition coefficient (Wildman–Crippen LogP) is 2.61. The van der Waals surface area contributed by atoms with E-state index in [1.807, 2.05) is 0 Å². The maximum atomic E-state index is 11.8. The van der Waals surface area contributed by atoms with Crippen LogP contribution in [0.4, 0.5) is 13.2 Å². The molecular formula is C11H14F3NO2. The van der Waals surface area contributed by atoms with Crippen LogP contribution in [0.15, 0.2) is 16.7 Å². The normalized spacial score (nSPS) is 16.4. The van der Waals surface area contributed by atoms with E-state index in [0.717, 1.165) is 5.56 Å². The molecule has 0 aliphatic heterocycles. The van der Waals surface area contributed by atoms with Gasteiger partial charge in [0, 0.05) is 18.2 Å². The number of halogens is 3. The number of hydrogen-bond acceptors (Lipinski definition) is 3. The first-order valence-corrected chi connectivity index (χ1v) is 5.47. The lowest BCUT2D eigenvalue weighted by Crippen LogP contribution is -2.16. The molecule has 1 aromatic rings. The van der Waals surface area contributed by atoms with Crippen molar-refractivity contribution in [1.82, 2.24) is 5.32 Å². The van der Waals surface area contributed by atoms with Crippen LogP contribution in [0.25, 0.3) is 0 Å². The summed E-state index contributed by atoms with van der Waals surface area (Å²) in [5.74, 6) is 0.418. The van der Waals surface area contributed by atoms with Gasteiger partial charge in [-0.15, -0.1) is 0 Å². The molecule has 6 heteroatoms. The van der Waals surface area contributed by atoms with Crippen molar-refractivity contribution >= 4 is 0 Å². The van der Waals surface area contributed by atoms with Crippen molar-refractivity contribution in [3.63, 3.8) is 0 Å². The molecule has 1 aliphatic carbocycles. The van der Waals surface area contributed by atoms with E-state index in [4.69, 9.17) is 4.42 Å². The standard InChI is InChI=1S/C11H14F3NO2/c12-11(13,14)7-16-6-10-3-8(5-17-10)4-15-9-1-2-9/h3,5,9,15H,1-2,4,6-7H2. The lowest BCUT2D eigenvalue weighted by molar-refractivity contribution is -0.177. The summed E-state index contributed by atoms with van der Waals surface area (Å²) in [6.45, 7) is -0.709. The number of furan rings is 1. The fourth-order valence-electron chi connectivity index (χ4n) is 1.41. The third kappa shape index (κ3) is 4.79. The molecule has 0 unspecified atom stereocenters. The number of ether oxygens (including phenoxy) is 1. The molecule has 0 aromatic carbocycles. The molecule has 0 spiro atoms. The van der Waals surface area contributed by atoms with E-state index in [9.17, 15) is 13.2 Å². The lowest BCUT2D eigenvalue weighted by atomic mass is 10.3. The zero-order valence-electron chi connectivity index (χ0n) is 9.22. The van der Waals surface area contributed by atoms with E-state index in [2.05, 4.69) is 10.1 Å². The van der Waals surface area contributed by atoms with E-state index in [0.29, 0.717) is 18.3 Å². The number of rotatable bonds is 6. The molecule has 0 radical (unpaired) electrons. The van der Waals surface area contributed by atoms with E-state index >= 15 is 0 Å². The zero-order valence-corrected chi connectivity index (χ0v) is 9.22. The minimum atomic E-state index is -4.29. The molecule has 1 aromatic heterocycles. The van der Waals surface area contributed by atoms with Crippen molar-refractivity contribution < 1.29 is 22.3 Å². The van der Waals surface area contributed by atoms with Crippen LogP contribution in [0.3, 0.4) is 0 Å². The Morgan fingerprint density at radius 1 is 1.41 bits per heavy atom. The first-order chi connectivity index (χ1) is 8.03. The summed E-state index contributed by atoms with van der Waals surface area (Å²) >= 11 is 0. The van der Waals surface area contributed by atoms with Gasteiger partial charge in [-0.3, -0.25) is 0 Å². The first kappa shape index (κ1) is 12.4. The Hall–Kier alpha value is -1.01. The Bertz CT molecular complexity index is 358. The van der Waals surface area contributed by atoms with Gasteiger partial charge in [-0.2, -0.15) is 13.2 Å². The van der Waals surface area contributed by atoms with E-state index in [1.165, 1.54) is 12.8 Å². The van der Waals surface area contributed by atoms with Crippen molar-refractivity contribution in [3.05, 3.63) is 23.7 Å². The summed E-state index contributed by atoms with van der Waals surface area (Å²) in [4.78, 5) is 0. The molecule has 2 rings (SSSR count). The maximum absolute atomic E-state index is 11.8. The van der Waals surface area contributed by atoms with Crippen molar-refractivity contribution in [3.8, 4) is 0 Å². The summed E-state index contributed by atoms with van der Waals surface area (Å²) in [5.41, 5.74) is 0.933. The van der Waals surface area contributed by atoms with Crippen LogP contribution < -0.4 is 5.32 Å². The molecule has 0 bridgehead atoms. The van der Waals surface area contributed by atoms with Crippen molar-refractivity contribution in [2.24, 2.45) is 0 Å². The number of nitrogens with one attached hydrogen (secondary N) is 1. The smallest absolute Gasteiger partial charge is 0.411 e. The highest BCUT2D eigenvalue weighted by Gasteiger charge is 2.27. The largest absolute Gasteiger partial charge is 0.467 e. The van der Waals surface area contributed by atoms with Crippen LogP contribution in [-0.2, 0) is 17.9 Å². The first-order valence-electron chi connectivity index (χ1n) is 5.47. The van der Waals surface area contributed by atoms with Crippen molar-refractivity contribution in [2.45, 2.75) is 38.2 Å².